The number of methoxy groups -OCH3 is 1. The Bertz CT molecular complexity index is 576. The molecular weight excluding hydrogens is 337 g/mol. The molecule has 0 amide bonds. The summed E-state index contributed by atoms with van der Waals surface area (Å²) in [5, 5.41) is 0. The fourth-order valence-corrected chi connectivity index (χ4v) is 1.62. The monoisotopic (exact) mass is 362 g/mol. The van der Waals surface area contributed by atoms with Crippen LogP contribution in [-0.4, -0.2) is 43.4 Å². The normalized spacial score (nSPS) is 12.5. The third kappa shape index (κ3) is 9.30. The van der Waals surface area contributed by atoms with E-state index in [9.17, 15) is 13.6 Å². The first-order valence-corrected chi connectivity index (χ1v) is 7.53. The van der Waals surface area contributed by atoms with Crippen LogP contribution >= 0.6 is 0 Å². The molecule has 0 aliphatic carbocycles. The summed E-state index contributed by atoms with van der Waals surface area (Å²) in [6.45, 7) is 13.5. The van der Waals surface area contributed by atoms with Gasteiger partial charge >= 0.3 is 18.9 Å². The van der Waals surface area contributed by atoms with Gasteiger partial charge < -0.3 is 28.1 Å². The first kappa shape index (κ1) is 26.8. The molecule has 0 aliphatic rings. The van der Waals surface area contributed by atoms with Crippen molar-refractivity contribution in [1.29, 1.82) is 0 Å². The number of aliphatic imine (C=N–C) groups is 1. The minimum absolute atomic E-state index is 0. The van der Waals surface area contributed by atoms with E-state index in [2.05, 4.69) is 28.6 Å². The van der Waals surface area contributed by atoms with E-state index in [1.165, 1.54) is 26.0 Å². The van der Waals surface area contributed by atoms with Crippen molar-refractivity contribution in [2.24, 2.45) is 4.99 Å². The molecule has 8 heteroatoms. The fourth-order valence-electron chi connectivity index (χ4n) is 1.62. The molecule has 1 aromatic heterocycles. The van der Waals surface area contributed by atoms with Crippen molar-refractivity contribution in [1.82, 2.24) is 4.98 Å². The number of hydrogen-bond donors (Lipinski definition) is 0. The zero-order valence-corrected chi connectivity index (χ0v) is 16.3. The summed E-state index contributed by atoms with van der Waals surface area (Å²) < 4.78 is 36.5. The molecule has 0 spiro atoms. The summed E-state index contributed by atoms with van der Waals surface area (Å²) in [5.74, 6) is -3.82. The van der Waals surface area contributed by atoms with Crippen LogP contribution in [0.25, 0.3) is 0 Å². The van der Waals surface area contributed by atoms with E-state index in [0.29, 0.717) is 17.0 Å². The van der Waals surface area contributed by atoms with Gasteiger partial charge in [0.1, 0.15) is 0 Å². The van der Waals surface area contributed by atoms with Crippen LogP contribution in [0.5, 0.6) is 5.88 Å². The van der Waals surface area contributed by atoms with Crippen molar-refractivity contribution in [3.05, 3.63) is 37.2 Å². The van der Waals surface area contributed by atoms with E-state index in [1.54, 1.807) is 33.9 Å². The van der Waals surface area contributed by atoms with Crippen molar-refractivity contribution >= 4 is 12.7 Å². The Morgan fingerprint density at radius 1 is 1.42 bits per heavy atom. The molecule has 1 heterocycles. The number of carbonyl (C=O) groups excluding carboxylic acids is 1. The van der Waals surface area contributed by atoms with E-state index < -0.39 is 18.3 Å². The first-order valence-electron chi connectivity index (χ1n) is 7.53. The Morgan fingerprint density at radius 3 is 2.35 bits per heavy atom. The molecule has 26 heavy (non-hydrogen) atoms. The van der Waals surface area contributed by atoms with Gasteiger partial charge in [-0.3, -0.25) is 4.99 Å². The SMILES string of the molecule is CC(C)(C)O[C-]=O.[CH2-]CC(F)(F)C([CH2-])c1cnc(OC)c(C=NC)c1.[Li+]. The topological polar surface area (TPSA) is 60.8 Å². The second kappa shape index (κ2) is 12.0. The van der Waals surface area contributed by atoms with Gasteiger partial charge in [0.05, 0.1) is 18.3 Å². The van der Waals surface area contributed by atoms with Gasteiger partial charge in [-0.15, -0.1) is 6.42 Å². The Balaban J connectivity index is 0. The Labute approximate surface area is 166 Å². The first-order chi connectivity index (χ1) is 11.5. The van der Waals surface area contributed by atoms with Gasteiger partial charge in [-0.25, -0.2) is 13.8 Å². The van der Waals surface area contributed by atoms with Crippen LogP contribution in [0, 0.1) is 13.8 Å². The molecule has 1 unspecified atom stereocenters. The maximum atomic E-state index is 13.5. The van der Waals surface area contributed by atoms with Crippen molar-refractivity contribution in [2.45, 2.75) is 44.6 Å². The molecule has 0 saturated heterocycles. The molecule has 142 valence electrons. The summed E-state index contributed by atoms with van der Waals surface area (Å²) in [4.78, 5) is 17.3. The quantitative estimate of drug-likeness (QED) is 0.427. The number of pyridine rings is 1. The molecule has 0 bridgehead atoms. The summed E-state index contributed by atoms with van der Waals surface area (Å²) in [7, 11) is 3.04. The average molecular weight is 362 g/mol. The predicted molar refractivity (Wildman–Crippen MR) is 93.9 cm³/mol. The standard InChI is InChI=1S/C13H16F2N2O.C5H9O2.Li/c1-5-13(14,15)9(2)10-6-11(7-16-3)12(18-4)17-8-10;1-5(2,3)7-4-6;/h6-9H,1-2,5H2,3-4H3;1-3H3;/q-2;-1;+1. The van der Waals surface area contributed by atoms with Crippen molar-refractivity contribution < 1.29 is 41.9 Å². The number of nitrogens with zero attached hydrogens (tertiary/aromatic N) is 2. The summed E-state index contributed by atoms with van der Waals surface area (Å²) in [6, 6.07) is 1.56. The second-order valence-corrected chi connectivity index (χ2v) is 6.12. The van der Waals surface area contributed by atoms with E-state index in [0.717, 1.165) is 0 Å². The maximum Gasteiger partial charge on any atom is 1.00 e. The Hall–Kier alpha value is -1.45. The van der Waals surface area contributed by atoms with Gasteiger partial charge in [-0.05, 0) is 32.4 Å². The number of aromatic nitrogens is 1. The van der Waals surface area contributed by atoms with Crippen molar-refractivity contribution in [3.8, 4) is 5.88 Å². The number of alkyl halides is 2. The molecule has 0 aliphatic heterocycles. The molecule has 1 aromatic rings. The molecule has 0 radical (unpaired) electrons. The van der Waals surface area contributed by atoms with Crippen LogP contribution < -0.4 is 23.6 Å². The minimum Gasteiger partial charge on any atom is -0.649 e. The molecule has 0 saturated carbocycles. The van der Waals surface area contributed by atoms with Crippen LogP contribution in [-0.2, 0) is 9.53 Å². The number of rotatable bonds is 6. The van der Waals surface area contributed by atoms with E-state index >= 15 is 0 Å². The van der Waals surface area contributed by atoms with Gasteiger partial charge in [0, 0.05) is 19.5 Å². The van der Waals surface area contributed by atoms with Gasteiger partial charge in [-0.2, -0.15) is 0 Å². The number of hydrogen-bond acceptors (Lipinski definition) is 5. The van der Waals surface area contributed by atoms with E-state index in [1.807, 2.05) is 0 Å². The van der Waals surface area contributed by atoms with Crippen LogP contribution in [0.4, 0.5) is 8.78 Å². The van der Waals surface area contributed by atoms with Gasteiger partial charge in [0.2, 0.25) is 11.8 Å². The minimum atomic E-state index is -2.96. The van der Waals surface area contributed by atoms with Crippen LogP contribution in [0.3, 0.4) is 0 Å². The summed E-state index contributed by atoms with van der Waals surface area (Å²) >= 11 is 0. The number of ether oxygens (including phenoxy) is 2. The Kier molecular flexibility index (Phi) is 12.4. The van der Waals surface area contributed by atoms with Crippen LogP contribution in [0.2, 0.25) is 0 Å². The summed E-state index contributed by atoms with van der Waals surface area (Å²) in [5.41, 5.74) is 0.507. The molecule has 0 fully saturated rings. The van der Waals surface area contributed by atoms with Crippen molar-refractivity contribution in [2.75, 3.05) is 14.2 Å². The smallest absolute Gasteiger partial charge is 0.649 e. The predicted octanol–water partition coefficient (Wildman–Crippen LogP) is 0.789. The van der Waals surface area contributed by atoms with Gasteiger partial charge in [-0.1, -0.05) is 12.4 Å². The molecule has 0 N–H and O–H groups in total. The van der Waals surface area contributed by atoms with Gasteiger partial charge in [0.15, 0.2) is 0 Å². The molecule has 5 nitrogen and oxygen atoms in total. The summed E-state index contributed by atoms with van der Waals surface area (Å²) in [6.07, 6.45) is 2.34. The number of halogens is 2. The van der Waals surface area contributed by atoms with E-state index in [-0.39, 0.29) is 24.5 Å². The largest absolute Gasteiger partial charge is 1.00 e. The third-order valence-corrected chi connectivity index (χ3v) is 2.95. The molecular formula is C18H25F2LiN2O3-2. The zero-order chi connectivity index (χ0) is 19.7. The van der Waals surface area contributed by atoms with Gasteiger partial charge in [0.25, 0.3) is 0 Å². The zero-order valence-electron chi connectivity index (χ0n) is 16.3. The molecule has 0 aromatic carbocycles. The second-order valence-electron chi connectivity index (χ2n) is 6.12. The van der Waals surface area contributed by atoms with Crippen molar-refractivity contribution in [3.63, 3.8) is 0 Å². The van der Waals surface area contributed by atoms with E-state index in [4.69, 9.17) is 4.74 Å². The molecule has 1 rings (SSSR count). The Morgan fingerprint density at radius 2 is 2.00 bits per heavy atom. The maximum absolute atomic E-state index is 13.5. The van der Waals surface area contributed by atoms with Crippen LogP contribution in [0.1, 0.15) is 44.2 Å². The third-order valence-electron chi connectivity index (χ3n) is 2.95. The molecule has 1 atom stereocenters. The fraction of sp³-hybridized carbons (Fsp3) is 0.500. The average Bonchev–Trinajstić information content (AvgIpc) is 2.54. The van der Waals surface area contributed by atoms with Crippen LogP contribution in [0.15, 0.2) is 17.3 Å².